The first-order valence-corrected chi connectivity index (χ1v) is 6.96. The number of rotatable bonds is 4. The van der Waals surface area contributed by atoms with Gasteiger partial charge in [-0.1, -0.05) is 26.2 Å². The SMILES string of the molecule is COCC(C)c1nc(C2CCCCC2)n(C)c1N. The van der Waals surface area contributed by atoms with E-state index in [1.807, 2.05) is 7.05 Å². The minimum absolute atomic E-state index is 0.263. The minimum Gasteiger partial charge on any atom is -0.384 e. The molecule has 0 bridgehead atoms. The van der Waals surface area contributed by atoms with Gasteiger partial charge in [0.25, 0.3) is 0 Å². The van der Waals surface area contributed by atoms with Gasteiger partial charge in [0.2, 0.25) is 0 Å². The van der Waals surface area contributed by atoms with Crippen LogP contribution in [0.4, 0.5) is 5.82 Å². The number of anilines is 1. The predicted molar refractivity (Wildman–Crippen MR) is 73.7 cm³/mol. The fraction of sp³-hybridized carbons (Fsp3) is 0.786. The summed E-state index contributed by atoms with van der Waals surface area (Å²) < 4.78 is 7.28. The molecule has 0 spiro atoms. The summed E-state index contributed by atoms with van der Waals surface area (Å²) in [7, 11) is 3.76. The average molecular weight is 251 g/mol. The second-order valence-corrected chi connectivity index (χ2v) is 5.49. The molecule has 1 aliphatic carbocycles. The highest BCUT2D eigenvalue weighted by Crippen LogP contribution is 2.34. The normalized spacial score (nSPS) is 19.1. The molecular formula is C14H25N3O. The molecule has 18 heavy (non-hydrogen) atoms. The van der Waals surface area contributed by atoms with E-state index in [1.54, 1.807) is 7.11 Å². The van der Waals surface area contributed by atoms with Crippen LogP contribution < -0.4 is 5.73 Å². The molecule has 0 aliphatic heterocycles. The number of hydrogen-bond donors (Lipinski definition) is 1. The first kappa shape index (κ1) is 13.4. The summed E-state index contributed by atoms with van der Waals surface area (Å²) in [6, 6.07) is 0. The summed E-state index contributed by atoms with van der Waals surface area (Å²) in [6.07, 6.45) is 6.51. The fourth-order valence-corrected chi connectivity index (χ4v) is 2.97. The highest BCUT2D eigenvalue weighted by atomic mass is 16.5. The Bertz CT molecular complexity index is 394. The molecule has 2 rings (SSSR count). The van der Waals surface area contributed by atoms with Gasteiger partial charge in [-0.05, 0) is 12.8 Å². The predicted octanol–water partition coefficient (Wildman–Crippen LogP) is 2.80. The van der Waals surface area contributed by atoms with Crippen molar-refractivity contribution in [3.63, 3.8) is 0 Å². The van der Waals surface area contributed by atoms with Crippen LogP contribution in [-0.2, 0) is 11.8 Å². The smallest absolute Gasteiger partial charge is 0.126 e. The van der Waals surface area contributed by atoms with Gasteiger partial charge in [0.05, 0.1) is 12.3 Å². The number of imidazole rings is 1. The van der Waals surface area contributed by atoms with Crippen molar-refractivity contribution in [3.8, 4) is 0 Å². The lowest BCUT2D eigenvalue weighted by Crippen LogP contribution is -2.11. The maximum Gasteiger partial charge on any atom is 0.126 e. The quantitative estimate of drug-likeness (QED) is 0.895. The molecule has 1 heterocycles. The lowest BCUT2D eigenvalue weighted by atomic mass is 9.89. The van der Waals surface area contributed by atoms with Crippen LogP contribution in [0.25, 0.3) is 0 Å². The Balaban J connectivity index is 2.23. The zero-order chi connectivity index (χ0) is 13.1. The Morgan fingerprint density at radius 1 is 1.39 bits per heavy atom. The van der Waals surface area contributed by atoms with Crippen LogP contribution in [0, 0.1) is 0 Å². The van der Waals surface area contributed by atoms with E-state index in [4.69, 9.17) is 15.5 Å². The topological polar surface area (TPSA) is 53.1 Å². The van der Waals surface area contributed by atoms with Gasteiger partial charge >= 0.3 is 0 Å². The van der Waals surface area contributed by atoms with Crippen molar-refractivity contribution < 1.29 is 4.74 Å². The van der Waals surface area contributed by atoms with Gasteiger partial charge in [-0.3, -0.25) is 0 Å². The van der Waals surface area contributed by atoms with E-state index in [0.29, 0.717) is 12.5 Å². The Morgan fingerprint density at radius 2 is 2.06 bits per heavy atom. The van der Waals surface area contributed by atoms with Gasteiger partial charge in [0.15, 0.2) is 0 Å². The maximum absolute atomic E-state index is 6.19. The number of aromatic nitrogens is 2. The zero-order valence-corrected chi connectivity index (χ0v) is 11.8. The summed E-state index contributed by atoms with van der Waals surface area (Å²) in [5, 5.41) is 0. The van der Waals surface area contributed by atoms with E-state index in [1.165, 1.54) is 37.9 Å². The van der Waals surface area contributed by atoms with Gasteiger partial charge in [-0.2, -0.15) is 0 Å². The monoisotopic (exact) mass is 251 g/mol. The second-order valence-electron chi connectivity index (χ2n) is 5.49. The third-order valence-corrected chi connectivity index (χ3v) is 4.06. The Kier molecular flexibility index (Phi) is 4.27. The van der Waals surface area contributed by atoms with Gasteiger partial charge in [0.1, 0.15) is 11.6 Å². The fourth-order valence-electron chi connectivity index (χ4n) is 2.97. The number of hydrogen-bond acceptors (Lipinski definition) is 3. The van der Waals surface area contributed by atoms with E-state index >= 15 is 0 Å². The summed E-state index contributed by atoms with van der Waals surface area (Å²) in [5.74, 6) is 2.83. The Hall–Kier alpha value is -1.03. The van der Waals surface area contributed by atoms with Crippen molar-refractivity contribution in [3.05, 3.63) is 11.5 Å². The minimum atomic E-state index is 0.263. The highest BCUT2D eigenvalue weighted by molar-refractivity contribution is 5.41. The number of nitrogen functional groups attached to an aromatic ring is 1. The van der Waals surface area contributed by atoms with Crippen LogP contribution in [-0.4, -0.2) is 23.3 Å². The van der Waals surface area contributed by atoms with E-state index in [-0.39, 0.29) is 5.92 Å². The molecule has 0 radical (unpaired) electrons. The van der Waals surface area contributed by atoms with E-state index in [0.717, 1.165) is 11.5 Å². The van der Waals surface area contributed by atoms with Crippen LogP contribution in [0.5, 0.6) is 0 Å². The van der Waals surface area contributed by atoms with Gasteiger partial charge in [-0.15, -0.1) is 0 Å². The number of nitrogens with two attached hydrogens (primary N) is 1. The summed E-state index contributed by atoms with van der Waals surface area (Å²) in [6.45, 7) is 2.79. The Labute approximate surface area is 110 Å². The van der Waals surface area contributed by atoms with Gasteiger partial charge < -0.3 is 15.0 Å². The summed E-state index contributed by atoms with van der Waals surface area (Å²) in [4.78, 5) is 4.81. The first-order chi connectivity index (χ1) is 8.65. The van der Waals surface area contributed by atoms with Crippen molar-refractivity contribution >= 4 is 5.82 Å². The Morgan fingerprint density at radius 3 is 2.67 bits per heavy atom. The van der Waals surface area contributed by atoms with Crippen LogP contribution in [0.3, 0.4) is 0 Å². The van der Waals surface area contributed by atoms with Crippen LogP contribution in [0.2, 0.25) is 0 Å². The first-order valence-electron chi connectivity index (χ1n) is 6.96. The maximum atomic E-state index is 6.19. The van der Waals surface area contributed by atoms with Crippen LogP contribution in [0.1, 0.15) is 62.4 Å². The van der Waals surface area contributed by atoms with Crippen molar-refractivity contribution in [2.45, 2.75) is 50.9 Å². The van der Waals surface area contributed by atoms with Crippen molar-refractivity contribution in [2.75, 3.05) is 19.5 Å². The molecule has 4 heteroatoms. The van der Waals surface area contributed by atoms with Gasteiger partial charge in [0, 0.05) is 26.0 Å². The highest BCUT2D eigenvalue weighted by Gasteiger charge is 2.24. The molecule has 0 saturated heterocycles. The van der Waals surface area contributed by atoms with E-state index < -0.39 is 0 Å². The zero-order valence-electron chi connectivity index (χ0n) is 11.8. The van der Waals surface area contributed by atoms with Crippen molar-refractivity contribution in [1.29, 1.82) is 0 Å². The molecule has 0 amide bonds. The lowest BCUT2D eigenvalue weighted by molar-refractivity contribution is 0.183. The number of nitrogens with zero attached hydrogens (tertiary/aromatic N) is 2. The molecule has 1 fully saturated rings. The molecule has 1 aromatic rings. The lowest BCUT2D eigenvalue weighted by Gasteiger charge is -2.21. The van der Waals surface area contributed by atoms with E-state index in [9.17, 15) is 0 Å². The summed E-state index contributed by atoms with van der Waals surface area (Å²) in [5.41, 5.74) is 7.19. The molecule has 0 aromatic carbocycles. The van der Waals surface area contributed by atoms with Crippen molar-refractivity contribution in [2.24, 2.45) is 7.05 Å². The molecule has 1 atom stereocenters. The molecule has 102 valence electrons. The molecule has 2 N–H and O–H groups in total. The largest absolute Gasteiger partial charge is 0.384 e. The second kappa shape index (κ2) is 5.74. The van der Waals surface area contributed by atoms with Crippen LogP contribution in [0.15, 0.2) is 0 Å². The number of methoxy groups -OCH3 is 1. The molecular weight excluding hydrogens is 226 g/mol. The molecule has 1 saturated carbocycles. The third-order valence-electron chi connectivity index (χ3n) is 4.06. The number of ether oxygens (including phenoxy) is 1. The molecule has 1 aromatic heterocycles. The molecule has 4 nitrogen and oxygen atoms in total. The van der Waals surface area contributed by atoms with Crippen molar-refractivity contribution in [1.82, 2.24) is 9.55 Å². The summed E-state index contributed by atoms with van der Waals surface area (Å²) >= 11 is 0. The molecule has 1 aliphatic rings. The standard InChI is InChI=1S/C14H25N3O/c1-10(9-18-3)12-13(15)17(2)14(16-12)11-7-5-4-6-8-11/h10-11H,4-9,15H2,1-3H3. The van der Waals surface area contributed by atoms with Gasteiger partial charge in [-0.25, -0.2) is 4.98 Å². The molecule has 1 unspecified atom stereocenters. The van der Waals surface area contributed by atoms with Crippen LogP contribution >= 0.6 is 0 Å². The third kappa shape index (κ3) is 2.53. The average Bonchev–Trinajstić information content (AvgIpc) is 2.68. The van der Waals surface area contributed by atoms with E-state index in [2.05, 4.69) is 11.5 Å².